The van der Waals surface area contributed by atoms with Gasteiger partial charge in [0.05, 0.1) is 0 Å². The molecule has 0 aromatic carbocycles. The highest BCUT2D eigenvalue weighted by molar-refractivity contribution is 5.88. The van der Waals surface area contributed by atoms with Crippen LogP contribution in [-0.2, 0) is 11.2 Å². The largest absolute Gasteiger partial charge is 0.383 e. The third-order valence-electron chi connectivity index (χ3n) is 3.92. The first kappa shape index (κ1) is 14.5. The predicted molar refractivity (Wildman–Crippen MR) is 87.2 cm³/mol. The second kappa shape index (κ2) is 6.13. The van der Waals surface area contributed by atoms with Gasteiger partial charge in [-0.1, -0.05) is 12.8 Å². The number of aryl methyl sites for hydroxylation is 1. The second-order valence-electron chi connectivity index (χ2n) is 5.86. The molecular weight excluding hydrogens is 276 g/mol. The van der Waals surface area contributed by atoms with Gasteiger partial charge in [-0.3, -0.25) is 4.79 Å². The van der Waals surface area contributed by atoms with Crippen molar-refractivity contribution in [3.63, 3.8) is 0 Å². The molecule has 2 aromatic rings. The number of rotatable bonds is 5. The molecule has 0 saturated heterocycles. The number of hydrogen-bond acceptors (Lipinski definition) is 4. The lowest BCUT2D eigenvalue weighted by molar-refractivity contribution is -0.114. The Kier molecular flexibility index (Phi) is 4.04. The molecule has 0 unspecified atom stereocenters. The van der Waals surface area contributed by atoms with Gasteiger partial charge in [-0.2, -0.15) is 0 Å². The summed E-state index contributed by atoms with van der Waals surface area (Å²) in [5.41, 5.74) is 9.05. The van der Waals surface area contributed by atoms with Gasteiger partial charge in [0.1, 0.15) is 11.6 Å². The molecule has 114 valence electrons. The van der Waals surface area contributed by atoms with E-state index in [1.54, 1.807) is 12.4 Å². The normalized spacial score (nSPS) is 13.9. The first-order chi connectivity index (χ1) is 10.6. The number of nitrogen functional groups attached to an aromatic ring is 1. The number of pyridine rings is 2. The molecule has 1 aliphatic rings. The Morgan fingerprint density at radius 3 is 2.86 bits per heavy atom. The number of nitrogens with zero attached hydrogens (tertiary/aromatic N) is 2. The summed E-state index contributed by atoms with van der Waals surface area (Å²) >= 11 is 0. The SMILES string of the molecule is CC(=O)Nc1cc(-c2cnc(N)c(CCC3CC3)c2)ccn1. The highest BCUT2D eigenvalue weighted by Crippen LogP contribution is 2.34. The van der Waals surface area contributed by atoms with E-state index in [2.05, 4.69) is 21.4 Å². The summed E-state index contributed by atoms with van der Waals surface area (Å²) in [5, 5.41) is 2.69. The number of aromatic nitrogens is 2. The van der Waals surface area contributed by atoms with E-state index >= 15 is 0 Å². The van der Waals surface area contributed by atoms with E-state index in [0.29, 0.717) is 11.6 Å². The number of nitrogens with two attached hydrogens (primary N) is 1. The summed E-state index contributed by atoms with van der Waals surface area (Å²) in [6.07, 6.45) is 8.29. The van der Waals surface area contributed by atoms with E-state index in [9.17, 15) is 4.79 Å². The molecule has 3 rings (SSSR count). The van der Waals surface area contributed by atoms with Crippen molar-refractivity contribution < 1.29 is 4.79 Å². The fourth-order valence-corrected chi connectivity index (χ4v) is 2.50. The fraction of sp³-hybridized carbons (Fsp3) is 0.353. The summed E-state index contributed by atoms with van der Waals surface area (Å²) in [6, 6.07) is 5.85. The minimum atomic E-state index is -0.134. The van der Waals surface area contributed by atoms with Crippen LogP contribution >= 0.6 is 0 Å². The minimum absolute atomic E-state index is 0.134. The molecule has 0 radical (unpaired) electrons. The van der Waals surface area contributed by atoms with Crippen LogP contribution in [0.1, 0.15) is 31.7 Å². The third-order valence-corrected chi connectivity index (χ3v) is 3.92. The molecule has 2 aromatic heterocycles. The van der Waals surface area contributed by atoms with Crippen molar-refractivity contribution in [1.82, 2.24) is 9.97 Å². The van der Waals surface area contributed by atoms with Crippen LogP contribution in [0.5, 0.6) is 0 Å². The summed E-state index contributed by atoms with van der Waals surface area (Å²) in [4.78, 5) is 19.6. The van der Waals surface area contributed by atoms with E-state index in [1.165, 1.54) is 26.2 Å². The number of hydrogen-bond donors (Lipinski definition) is 2. The van der Waals surface area contributed by atoms with E-state index in [4.69, 9.17) is 5.73 Å². The molecule has 0 spiro atoms. The molecule has 0 aliphatic heterocycles. The summed E-state index contributed by atoms with van der Waals surface area (Å²) in [6.45, 7) is 1.47. The topological polar surface area (TPSA) is 80.9 Å². The van der Waals surface area contributed by atoms with Gasteiger partial charge in [0.15, 0.2) is 0 Å². The first-order valence-electron chi connectivity index (χ1n) is 7.60. The Morgan fingerprint density at radius 2 is 2.14 bits per heavy atom. The van der Waals surface area contributed by atoms with E-state index in [-0.39, 0.29) is 5.91 Å². The van der Waals surface area contributed by atoms with Gasteiger partial charge in [0.25, 0.3) is 0 Å². The van der Waals surface area contributed by atoms with Crippen LogP contribution in [0, 0.1) is 5.92 Å². The Bertz CT molecular complexity index is 695. The number of amides is 1. The lowest BCUT2D eigenvalue weighted by atomic mass is 10.0. The van der Waals surface area contributed by atoms with E-state index < -0.39 is 0 Å². The van der Waals surface area contributed by atoms with Gasteiger partial charge in [-0.25, -0.2) is 9.97 Å². The monoisotopic (exact) mass is 296 g/mol. The lowest BCUT2D eigenvalue weighted by Gasteiger charge is -2.09. The Balaban J connectivity index is 1.83. The van der Waals surface area contributed by atoms with Gasteiger partial charge < -0.3 is 11.1 Å². The quantitative estimate of drug-likeness (QED) is 0.888. The van der Waals surface area contributed by atoms with Gasteiger partial charge in [-0.05, 0) is 48.1 Å². The molecular formula is C17H20N4O. The van der Waals surface area contributed by atoms with E-state index in [0.717, 1.165) is 29.0 Å². The molecule has 5 heteroatoms. The van der Waals surface area contributed by atoms with Gasteiger partial charge in [-0.15, -0.1) is 0 Å². The van der Waals surface area contributed by atoms with Crippen LogP contribution in [0.25, 0.3) is 11.1 Å². The zero-order chi connectivity index (χ0) is 15.5. The molecule has 0 atom stereocenters. The zero-order valence-corrected chi connectivity index (χ0v) is 12.7. The number of carbonyl (C=O) groups is 1. The molecule has 1 fully saturated rings. The predicted octanol–water partition coefficient (Wildman–Crippen LogP) is 3.03. The zero-order valence-electron chi connectivity index (χ0n) is 12.7. The maximum absolute atomic E-state index is 11.1. The van der Waals surface area contributed by atoms with Crippen molar-refractivity contribution in [3.05, 3.63) is 36.2 Å². The molecule has 1 aliphatic carbocycles. The maximum atomic E-state index is 11.1. The third kappa shape index (κ3) is 3.61. The molecule has 1 amide bonds. The van der Waals surface area contributed by atoms with Crippen LogP contribution in [0.4, 0.5) is 11.6 Å². The highest BCUT2D eigenvalue weighted by Gasteiger charge is 2.21. The number of carbonyl (C=O) groups excluding carboxylic acids is 1. The van der Waals surface area contributed by atoms with Gasteiger partial charge >= 0.3 is 0 Å². The van der Waals surface area contributed by atoms with Crippen LogP contribution in [0.3, 0.4) is 0 Å². The Morgan fingerprint density at radius 1 is 1.32 bits per heavy atom. The van der Waals surface area contributed by atoms with Gasteiger partial charge in [0.2, 0.25) is 5.91 Å². The average Bonchev–Trinajstić information content (AvgIpc) is 3.30. The Labute approximate surface area is 130 Å². The lowest BCUT2D eigenvalue weighted by Crippen LogP contribution is -2.07. The molecule has 2 heterocycles. The standard InChI is InChI=1S/C17H20N4O/c1-11(22)21-16-9-13(6-7-19-16)15-8-14(17(18)20-10-15)5-4-12-2-3-12/h6-10,12H,2-5H2,1H3,(H2,18,20)(H,19,21,22). The van der Waals surface area contributed by atoms with Crippen LogP contribution in [0.15, 0.2) is 30.6 Å². The molecule has 0 bridgehead atoms. The van der Waals surface area contributed by atoms with Crippen molar-refractivity contribution >= 4 is 17.5 Å². The molecule has 5 nitrogen and oxygen atoms in total. The molecule has 1 saturated carbocycles. The first-order valence-corrected chi connectivity index (χ1v) is 7.60. The number of nitrogens with one attached hydrogen (secondary N) is 1. The average molecular weight is 296 g/mol. The highest BCUT2D eigenvalue weighted by atomic mass is 16.1. The second-order valence-corrected chi connectivity index (χ2v) is 5.86. The molecule has 3 N–H and O–H groups in total. The van der Waals surface area contributed by atoms with Crippen LogP contribution < -0.4 is 11.1 Å². The molecule has 22 heavy (non-hydrogen) atoms. The van der Waals surface area contributed by atoms with Crippen molar-refractivity contribution in [2.24, 2.45) is 5.92 Å². The number of anilines is 2. The van der Waals surface area contributed by atoms with Crippen molar-refractivity contribution in [2.75, 3.05) is 11.1 Å². The van der Waals surface area contributed by atoms with Crippen molar-refractivity contribution in [1.29, 1.82) is 0 Å². The van der Waals surface area contributed by atoms with Gasteiger partial charge in [0, 0.05) is 24.9 Å². The smallest absolute Gasteiger partial charge is 0.222 e. The summed E-state index contributed by atoms with van der Waals surface area (Å²) in [7, 11) is 0. The van der Waals surface area contributed by atoms with Crippen LogP contribution in [-0.4, -0.2) is 15.9 Å². The van der Waals surface area contributed by atoms with Crippen molar-refractivity contribution in [3.8, 4) is 11.1 Å². The van der Waals surface area contributed by atoms with Crippen LogP contribution in [0.2, 0.25) is 0 Å². The maximum Gasteiger partial charge on any atom is 0.222 e. The minimum Gasteiger partial charge on any atom is -0.383 e. The Hall–Kier alpha value is -2.43. The summed E-state index contributed by atoms with van der Waals surface area (Å²) in [5.74, 6) is 1.89. The summed E-state index contributed by atoms with van der Waals surface area (Å²) < 4.78 is 0. The fourth-order valence-electron chi connectivity index (χ4n) is 2.50. The van der Waals surface area contributed by atoms with Crippen molar-refractivity contribution in [2.45, 2.75) is 32.6 Å². The van der Waals surface area contributed by atoms with E-state index in [1.807, 2.05) is 12.1 Å².